The van der Waals surface area contributed by atoms with E-state index in [1.54, 1.807) is 19.9 Å². The number of nitrogens with zero attached hydrogens (tertiary/aromatic N) is 2. The summed E-state index contributed by atoms with van der Waals surface area (Å²) in [6, 6.07) is 3.26. The molecule has 0 aliphatic carbocycles. The maximum Gasteiger partial charge on any atom is 0.333 e. The largest absolute Gasteiger partial charge is 0.455 e. The minimum atomic E-state index is -2.76. The third kappa shape index (κ3) is 2.60. The third-order valence-corrected chi connectivity index (χ3v) is 3.95. The van der Waals surface area contributed by atoms with Gasteiger partial charge in [0.05, 0.1) is 17.1 Å². The molecule has 0 aliphatic rings. The fourth-order valence-electron chi connectivity index (χ4n) is 2.74. The Hall–Kier alpha value is -2.54. The van der Waals surface area contributed by atoms with Crippen LogP contribution < -0.4 is 11.2 Å². The fraction of sp³-hybridized carbons (Fsp3) is 0.294. The van der Waals surface area contributed by atoms with E-state index in [9.17, 15) is 13.6 Å². The van der Waals surface area contributed by atoms with Crippen molar-refractivity contribution in [3.05, 3.63) is 51.4 Å². The van der Waals surface area contributed by atoms with Crippen molar-refractivity contribution >= 4 is 11.0 Å². The second-order valence-corrected chi connectivity index (χ2v) is 5.89. The number of rotatable bonds is 3. The van der Waals surface area contributed by atoms with Crippen LogP contribution in [0.2, 0.25) is 0 Å². The van der Waals surface area contributed by atoms with Gasteiger partial charge in [0.1, 0.15) is 11.3 Å². The van der Waals surface area contributed by atoms with Gasteiger partial charge in [-0.15, -0.1) is 0 Å². The van der Waals surface area contributed by atoms with Crippen molar-refractivity contribution in [2.75, 3.05) is 0 Å². The molecular formula is C17H17F2N3O2. The van der Waals surface area contributed by atoms with Crippen LogP contribution in [0.15, 0.2) is 33.7 Å². The normalized spacial score (nSPS) is 13.0. The summed E-state index contributed by atoms with van der Waals surface area (Å²) in [6.45, 7) is 2.52. The molecule has 2 heterocycles. The lowest BCUT2D eigenvalue weighted by Crippen LogP contribution is -2.12. The Morgan fingerprint density at radius 3 is 2.58 bits per heavy atom. The molecule has 24 heavy (non-hydrogen) atoms. The Bertz CT molecular complexity index is 974. The lowest BCUT2D eigenvalue weighted by atomic mass is 10.00. The summed E-state index contributed by atoms with van der Waals surface area (Å²) in [5.74, 6) is 0.227. The summed E-state index contributed by atoms with van der Waals surface area (Å²) < 4.78 is 31.9. The van der Waals surface area contributed by atoms with Crippen molar-refractivity contribution in [1.29, 1.82) is 0 Å². The number of hydrogen-bond donors (Lipinski definition) is 1. The first-order chi connectivity index (χ1) is 11.3. The number of alkyl halides is 2. The van der Waals surface area contributed by atoms with E-state index in [1.165, 1.54) is 6.20 Å². The third-order valence-electron chi connectivity index (χ3n) is 3.95. The lowest BCUT2D eigenvalue weighted by molar-refractivity contribution is 0.0566. The first-order valence-electron chi connectivity index (χ1n) is 7.45. The van der Waals surface area contributed by atoms with Crippen molar-refractivity contribution in [3.63, 3.8) is 0 Å². The molecule has 1 atom stereocenters. The SMILES string of the molecule is Cc1cc([C@@H](C)N)c2oc(-c3cnn(C(F)F)c3)c(C)c(=O)c2c1. The molecule has 0 amide bonds. The van der Waals surface area contributed by atoms with Crippen molar-refractivity contribution in [3.8, 4) is 11.3 Å². The van der Waals surface area contributed by atoms with E-state index in [1.807, 2.05) is 13.0 Å². The summed E-state index contributed by atoms with van der Waals surface area (Å²) >= 11 is 0. The second-order valence-electron chi connectivity index (χ2n) is 5.89. The molecule has 0 bridgehead atoms. The quantitative estimate of drug-likeness (QED) is 0.793. The highest BCUT2D eigenvalue weighted by atomic mass is 19.3. The highest BCUT2D eigenvalue weighted by Gasteiger charge is 2.19. The Morgan fingerprint density at radius 2 is 2.00 bits per heavy atom. The van der Waals surface area contributed by atoms with Gasteiger partial charge in [-0.3, -0.25) is 4.79 Å². The van der Waals surface area contributed by atoms with Crippen LogP contribution in [0.1, 0.15) is 36.2 Å². The maximum atomic E-state index is 12.7. The van der Waals surface area contributed by atoms with Crippen LogP contribution in [-0.2, 0) is 0 Å². The average Bonchev–Trinajstić information content (AvgIpc) is 3.00. The smallest absolute Gasteiger partial charge is 0.333 e. The molecule has 0 aliphatic heterocycles. The van der Waals surface area contributed by atoms with Gasteiger partial charge in [0.25, 0.3) is 0 Å². The molecule has 7 heteroatoms. The molecule has 0 spiro atoms. The van der Waals surface area contributed by atoms with E-state index >= 15 is 0 Å². The Labute approximate surface area is 136 Å². The van der Waals surface area contributed by atoms with Crippen molar-refractivity contribution < 1.29 is 13.2 Å². The number of aromatic nitrogens is 2. The molecule has 0 fully saturated rings. The van der Waals surface area contributed by atoms with E-state index in [0.717, 1.165) is 11.8 Å². The van der Waals surface area contributed by atoms with E-state index < -0.39 is 6.55 Å². The van der Waals surface area contributed by atoms with Crippen LogP contribution in [0.5, 0.6) is 0 Å². The van der Waals surface area contributed by atoms with Crippen LogP contribution in [0.3, 0.4) is 0 Å². The molecular weight excluding hydrogens is 316 g/mol. The van der Waals surface area contributed by atoms with E-state index in [-0.39, 0.29) is 17.2 Å². The minimum Gasteiger partial charge on any atom is -0.455 e. The van der Waals surface area contributed by atoms with E-state index in [2.05, 4.69) is 5.10 Å². The zero-order chi connectivity index (χ0) is 17.6. The number of hydrogen-bond acceptors (Lipinski definition) is 4. The van der Waals surface area contributed by atoms with Gasteiger partial charge in [-0.2, -0.15) is 13.9 Å². The Balaban J connectivity index is 2.33. The molecule has 3 rings (SSSR count). The number of benzene rings is 1. The van der Waals surface area contributed by atoms with E-state index in [4.69, 9.17) is 10.2 Å². The number of halogens is 2. The highest BCUT2D eigenvalue weighted by Crippen LogP contribution is 2.30. The summed E-state index contributed by atoms with van der Waals surface area (Å²) in [5.41, 5.74) is 8.43. The van der Waals surface area contributed by atoms with E-state index in [0.29, 0.717) is 32.3 Å². The molecule has 0 saturated carbocycles. The van der Waals surface area contributed by atoms with Gasteiger partial charge < -0.3 is 10.2 Å². The zero-order valence-corrected chi connectivity index (χ0v) is 13.5. The van der Waals surface area contributed by atoms with Crippen LogP contribution >= 0.6 is 0 Å². The highest BCUT2D eigenvalue weighted by molar-refractivity contribution is 5.84. The minimum absolute atomic E-state index is 0.207. The van der Waals surface area contributed by atoms with Crippen LogP contribution in [0, 0.1) is 13.8 Å². The van der Waals surface area contributed by atoms with Gasteiger partial charge in [-0.1, -0.05) is 6.07 Å². The summed E-state index contributed by atoms with van der Waals surface area (Å²) in [5, 5.41) is 4.03. The van der Waals surface area contributed by atoms with Gasteiger partial charge in [0.2, 0.25) is 0 Å². The summed E-state index contributed by atoms with van der Waals surface area (Å²) in [7, 11) is 0. The second kappa shape index (κ2) is 5.83. The summed E-state index contributed by atoms with van der Waals surface area (Å²) in [4.78, 5) is 12.7. The predicted molar refractivity (Wildman–Crippen MR) is 87.0 cm³/mol. The molecule has 2 aromatic heterocycles. The van der Waals surface area contributed by atoms with Crippen molar-refractivity contribution in [1.82, 2.24) is 9.78 Å². The molecule has 1 aromatic carbocycles. The lowest BCUT2D eigenvalue weighted by Gasteiger charge is -2.12. The van der Waals surface area contributed by atoms with Crippen LogP contribution in [0.25, 0.3) is 22.3 Å². The van der Waals surface area contributed by atoms with Gasteiger partial charge in [0.15, 0.2) is 5.43 Å². The fourth-order valence-corrected chi connectivity index (χ4v) is 2.74. The van der Waals surface area contributed by atoms with Gasteiger partial charge in [-0.25, -0.2) is 4.68 Å². The van der Waals surface area contributed by atoms with Crippen LogP contribution in [-0.4, -0.2) is 9.78 Å². The molecule has 2 N–H and O–H groups in total. The van der Waals surface area contributed by atoms with Crippen LogP contribution in [0.4, 0.5) is 8.78 Å². The molecule has 5 nitrogen and oxygen atoms in total. The van der Waals surface area contributed by atoms with Gasteiger partial charge in [0, 0.05) is 23.4 Å². The standard InChI is InChI=1S/C17H17F2N3O2/c1-8-4-12(10(3)20)16-13(5-8)14(23)9(2)15(24-16)11-6-21-22(7-11)17(18)19/h4-7,10,17H,20H2,1-3H3/t10-/m1/s1. The molecule has 3 aromatic rings. The maximum absolute atomic E-state index is 12.7. The zero-order valence-electron chi connectivity index (χ0n) is 13.5. The Kier molecular flexibility index (Phi) is 3.96. The van der Waals surface area contributed by atoms with Crippen molar-refractivity contribution in [2.24, 2.45) is 5.73 Å². The first-order valence-corrected chi connectivity index (χ1v) is 7.45. The number of nitrogens with two attached hydrogens (primary N) is 1. The number of fused-ring (bicyclic) bond motifs is 1. The summed E-state index contributed by atoms with van der Waals surface area (Å²) in [6.07, 6.45) is 2.41. The average molecular weight is 333 g/mol. The van der Waals surface area contributed by atoms with Gasteiger partial charge >= 0.3 is 6.55 Å². The number of aryl methyl sites for hydroxylation is 1. The molecule has 0 unspecified atom stereocenters. The molecule has 126 valence electrons. The first kappa shape index (κ1) is 16.3. The van der Waals surface area contributed by atoms with Gasteiger partial charge in [-0.05, 0) is 32.4 Å². The molecule has 0 saturated heterocycles. The molecule has 0 radical (unpaired) electrons. The monoisotopic (exact) mass is 333 g/mol. The predicted octanol–water partition coefficient (Wildman–Crippen LogP) is 3.69. The Morgan fingerprint density at radius 1 is 1.29 bits per heavy atom. The van der Waals surface area contributed by atoms with Crippen molar-refractivity contribution in [2.45, 2.75) is 33.4 Å². The topological polar surface area (TPSA) is 74.0 Å².